The monoisotopic (exact) mass is 383 g/mol. The van der Waals surface area contributed by atoms with Crippen molar-refractivity contribution >= 4 is 33.6 Å². The molecule has 3 rings (SSSR count). The van der Waals surface area contributed by atoms with Gasteiger partial charge >= 0.3 is 0 Å². The molecule has 1 heterocycles. The smallest absolute Gasteiger partial charge is 0.264 e. The minimum atomic E-state index is -3.82. The van der Waals surface area contributed by atoms with E-state index in [1.165, 1.54) is 54.9 Å². The lowest BCUT2D eigenvalue weighted by molar-refractivity contribution is 0.112. The zero-order chi connectivity index (χ0) is 19.3. The Morgan fingerprint density at radius 2 is 1.59 bits per heavy atom. The molecule has 2 aromatic carbocycles. The van der Waals surface area contributed by atoms with Crippen LogP contribution in [0.5, 0.6) is 5.75 Å². The molecular formula is C17H13N5O4S. The van der Waals surface area contributed by atoms with Crippen molar-refractivity contribution in [3.63, 3.8) is 0 Å². The average molecular weight is 383 g/mol. The van der Waals surface area contributed by atoms with Gasteiger partial charge in [0.15, 0.2) is 6.29 Å². The van der Waals surface area contributed by atoms with E-state index < -0.39 is 10.0 Å². The van der Waals surface area contributed by atoms with Crippen LogP contribution in [0.4, 0.5) is 17.3 Å². The predicted molar refractivity (Wildman–Crippen MR) is 97.0 cm³/mol. The first-order chi connectivity index (χ1) is 13.0. The van der Waals surface area contributed by atoms with Gasteiger partial charge in [-0.15, -0.1) is 0 Å². The quantitative estimate of drug-likeness (QED) is 0.496. The first-order valence-electron chi connectivity index (χ1n) is 7.58. The van der Waals surface area contributed by atoms with Crippen LogP contribution >= 0.6 is 0 Å². The first kappa shape index (κ1) is 18.1. The molecule has 0 saturated carbocycles. The van der Waals surface area contributed by atoms with Crippen LogP contribution in [0.15, 0.2) is 76.0 Å². The van der Waals surface area contributed by atoms with E-state index in [-0.39, 0.29) is 22.2 Å². The number of carbonyl (C=O) groups excluding carboxylic acids is 1. The predicted octanol–water partition coefficient (Wildman–Crippen LogP) is 3.21. The summed E-state index contributed by atoms with van der Waals surface area (Å²) in [4.78, 5) is 18.5. The molecule has 136 valence electrons. The molecule has 0 aliphatic carbocycles. The van der Waals surface area contributed by atoms with Gasteiger partial charge in [0.1, 0.15) is 5.75 Å². The molecule has 0 aliphatic heterocycles. The Balaban J connectivity index is 1.76. The highest BCUT2D eigenvalue weighted by atomic mass is 32.2. The number of rotatable bonds is 6. The van der Waals surface area contributed by atoms with E-state index in [2.05, 4.69) is 24.9 Å². The van der Waals surface area contributed by atoms with Gasteiger partial charge in [-0.05, 0) is 48.5 Å². The number of carbonyl (C=O) groups is 1. The number of benzene rings is 2. The number of anilines is 1. The molecule has 0 aliphatic rings. The summed E-state index contributed by atoms with van der Waals surface area (Å²) in [6.07, 6.45) is 3.36. The van der Waals surface area contributed by atoms with Crippen LogP contribution in [0.3, 0.4) is 0 Å². The molecule has 0 radical (unpaired) electrons. The lowest BCUT2D eigenvalue weighted by atomic mass is 10.2. The number of hydrogen-bond donors (Lipinski definition) is 2. The summed E-state index contributed by atoms with van der Waals surface area (Å²) in [5.41, 5.74) is 0.877. The van der Waals surface area contributed by atoms with Crippen LogP contribution in [-0.2, 0) is 10.0 Å². The first-order valence-corrected chi connectivity index (χ1v) is 9.06. The number of aromatic hydroxyl groups is 1. The minimum absolute atomic E-state index is 0.0155. The van der Waals surface area contributed by atoms with E-state index in [4.69, 9.17) is 0 Å². The van der Waals surface area contributed by atoms with Crippen LogP contribution in [-0.4, -0.2) is 29.8 Å². The summed E-state index contributed by atoms with van der Waals surface area (Å²) in [5, 5.41) is 17.4. The Morgan fingerprint density at radius 1 is 0.963 bits per heavy atom. The molecule has 0 fully saturated rings. The second-order valence-corrected chi connectivity index (χ2v) is 6.92. The fourth-order valence-corrected chi connectivity index (χ4v) is 2.99. The molecule has 0 unspecified atom stereocenters. The standard InChI is InChI=1S/C17H13N5O4S/c23-11-12-10-14(4-7-16(12)24)21-20-13-2-5-15(6-3-13)27(25,26)22-17-18-8-1-9-19-17/h1-11,24H,(H,18,19,22). The molecule has 0 atom stereocenters. The Morgan fingerprint density at radius 3 is 2.26 bits per heavy atom. The number of phenols is 1. The van der Waals surface area contributed by atoms with Gasteiger partial charge in [0.05, 0.1) is 21.8 Å². The number of phenolic OH excluding ortho intramolecular Hbond substituents is 1. The van der Waals surface area contributed by atoms with E-state index in [1.807, 2.05) is 0 Å². The second-order valence-electron chi connectivity index (χ2n) is 5.23. The van der Waals surface area contributed by atoms with Crippen molar-refractivity contribution in [2.24, 2.45) is 10.2 Å². The summed E-state index contributed by atoms with van der Waals surface area (Å²) in [5.74, 6) is -0.173. The van der Waals surface area contributed by atoms with Gasteiger partial charge in [-0.3, -0.25) is 4.79 Å². The lowest BCUT2D eigenvalue weighted by Gasteiger charge is -2.06. The number of hydrogen-bond acceptors (Lipinski definition) is 8. The van der Waals surface area contributed by atoms with E-state index in [9.17, 15) is 18.3 Å². The van der Waals surface area contributed by atoms with E-state index >= 15 is 0 Å². The van der Waals surface area contributed by atoms with E-state index in [0.717, 1.165) is 0 Å². The molecule has 0 spiro atoms. The third kappa shape index (κ3) is 4.50. The molecule has 10 heteroatoms. The largest absolute Gasteiger partial charge is 0.507 e. The molecule has 0 saturated heterocycles. The van der Waals surface area contributed by atoms with Gasteiger partial charge in [-0.2, -0.15) is 10.2 Å². The van der Waals surface area contributed by atoms with Gasteiger partial charge in [0.2, 0.25) is 5.95 Å². The summed E-state index contributed by atoms with van der Waals surface area (Å²) in [6, 6.07) is 11.5. The van der Waals surface area contributed by atoms with Crippen molar-refractivity contribution in [3.05, 3.63) is 66.5 Å². The topological polar surface area (TPSA) is 134 Å². The van der Waals surface area contributed by atoms with Crippen molar-refractivity contribution in [2.75, 3.05) is 4.72 Å². The second kappa shape index (κ2) is 7.70. The maximum atomic E-state index is 12.3. The maximum Gasteiger partial charge on any atom is 0.264 e. The zero-order valence-corrected chi connectivity index (χ0v) is 14.5. The zero-order valence-electron chi connectivity index (χ0n) is 13.7. The van der Waals surface area contributed by atoms with Gasteiger partial charge < -0.3 is 5.11 Å². The van der Waals surface area contributed by atoms with Gasteiger partial charge in [-0.1, -0.05) is 0 Å². The normalized spacial score (nSPS) is 11.4. The highest BCUT2D eigenvalue weighted by Crippen LogP contribution is 2.24. The number of nitrogens with zero attached hydrogens (tertiary/aromatic N) is 4. The molecule has 0 bridgehead atoms. The van der Waals surface area contributed by atoms with Crippen molar-refractivity contribution in [1.82, 2.24) is 9.97 Å². The van der Waals surface area contributed by atoms with Crippen molar-refractivity contribution < 1.29 is 18.3 Å². The Labute approximate surface area is 154 Å². The summed E-state index contributed by atoms with van der Waals surface area (Å²) in [7, 11) is -3.82. The van der Waals surface area contributed by atoms with Crippen molar-refractivity contribution in [1.29, 1.82) is 0 Å². The third-order valence-electron chi connectivity index (χ3n) is 3.36. The number of aromatic nitrogens is 2. The highest BCUT2D eigenvalue weighted by molar-refractivity contribution is 7.92. The van der Waals surface area contributed by atoms with Crippen LogP contribution in [0.1, 0.15) is 10.4 Å². The maximum absolute atomic E-state index is 12.3. The Hall–Kier alpha value is -3.66. The number of nitrogens with one attached hydrogen (secondary N) is 1. The third-order valence-corrected chi connectivity index (χ3v) is 4.70. The number of aldehydes is 1. The van der Waals surface area contributed by atoms with Crippen LogP contribution in [0, 0.1) is 0 Å². The number of azo groups is 1. The molecule has 2 N–H and O–H groups in total. The molecule has 27 heavy (non-hydrogen) atoms. The van der Waals surface area contributed by atoms with Crippen molar-refractivity contribution in [2.45, 2.75) is 4.90 Å². The summed E-state index contributed by atoms with van der Waals surface area (Å²) in [6.45, 7) is 0. The summed E-state index contributed by atoms with van der Waals surface area (Å²) >= 11 is 0. The van der Waals surface area contributed by atoms with Gasteiger partial charge in [0, 0.05) is 12.4 Å². The average Bonchev–Trinajstić information content (AvgIpc) is 2.68. The Bertz CT molecular complexity index is 1080. The number of sulfonamides is 1. The van der Waals surface area contributed by atoms with Crippen LogP contribution in [0.25, 0.3) is 0 Å². The fraction of sp³-hybridized carbons (Fsp3) is 0. The SMILES string of the molecule is O=Cc1cc(N=Nc2ccc(S(=O)(=O)Nc3ncccn3)cc2)ccc1O. The van der Waals surface area contributed by atoms with Crippen molar-refractivity contribution in [3.8, 4) is 5.75 Å². The molecule has 0 amide bonds. The van der Waals surface area contributed by atoms with Gasteiger partial charge in [-0.25, -0.2) is 23.1 Å². The van der Waals surface area contributed by atoms with E-state index in [0.29, 0.717) is 17.7 Å². The molecule has 3 aromatic rings. The highest BCUT2D eigenvalue weighted by Gasteiger charge is 2.15. The fourth-order valence-electron chi connectivity index (χ4n) is 2.04. The van der Waals surface area contributed by atoms with E-state index in [1.54, 1.807) is 6.07 Å². The molecule has 1 aromatic heterocycles. The molecule has 9 nitrogen and oxygen atoms in total. The van der Waals surface area contributed by atoms with Crippen LogP contribution < -0.4 is 4.72 Å². The lowest BCUT2D eigenvalue weighted by Crippen LogP contribution is -2.14. The summed E-state index contributed by atoms with van der Waals surface area (Å²) < 4.78 is 26.9. The van der Waals surface area contributed by atoms with Gasteiger partial charge in [0.25, 0.3) is 10.0 Å². The van der Waals surface area contributed by atoms with Crippen LogP contribution in [0.2, 0.25) is 0 Å². The Kier molecular flexibility index (Phi) is 5.18. The minimum Gasteiger partial charge on any atom is -0.507 e. The molecular weight excluding hydrogens is 370 g/mol.